The smallest absolute Gasteiger partial charge is 0.271 e. The first kappa shape index (κ1) is 12.3. The summed E-state index contributed by atoms with van der Waals surface area (Å²) in [5.41, 5.74) is 2.47. The van der Waals surface area contributed by atoms with Crippen LogP contribution in [0.25, 0.3) is 11.3 Å². The Balaban J connectivity index is 2.41. The summed E-state index contributed by atoms with van der Waals surface area (Å²) in [4.78, 5) is 10.4. The Bertz CT molecular complexity index is 565. The molecular weight excluding hydrogens is 230 g/mol. The number of benzene rings is 1. The largest absolute Gasteiger partial charge is 0.314 e. The van der Waals surface area contributed by atoms with Crippen LogP contribution in [-0.2, 0) is 5.41 Å². The lowest BCUT2D eigenvalue weighted by atomic mass is 9.86. The monoisotopic (exact) mass is 245 g/mol. The van der Waals surface area contributed by atoms with Crippen LogP contribution in [0.2, 0.25) is 0 Å². The fraction of sp³-hybridized carbons (Fsp3) is 0.308. The maximum Gasteiger partial charge on any atom is 0.314 e. The number of aromatic nitrogens is 2. The van der Waals surface area contributed by atoms with Gasteiger partial charge in [-0.25, -0.2) is 0 Å². The van der Waals surface area contributed by atoms with Gasteiger partial charge in [-0.05, 0) is 11.0 Å². The summed E-state index contributed by atoms with van der Waals surface area (Å²) >= 11 is 0. The van der Waals surface area contributed by atoms with Crippen LogP contribution in [0.5, 0.6) is 0 Å². The highest BCUT2D eigenvalue weighted by atomic mass is 16.6. The summed E-state index contributed by atoms with van der Waals surface area (Å²) in [5, 5.41) is 17.2. The van der Waals surface area contributed by atoms with E-state index in [1.807, 2.05) is 24.3 Å². The normalized spacial score (nSPS) is 11.5. The molecule has 0 saturated heterocycles. The minimum absolute atomic E-state index is 0.00138. The predicted molar refractivity (Wildman–Crippen MR) is 69.4 cm³/mol. The Morgan fingerprint density at radius 3 is 2.33 bits per heavy atom. The standard InChI is InChI=1S/C13H15N3O2/c1-13(2,3)10-6-4-9(5-7-10)12-11(16(17)18)8-14-15-12/h4-8H,1-3H3,(H,14,15). The molecule has 2 aromatic rings. The molecule has 1 N–H and O–H groups in total. The van der Waals surface area contributed by atoms with Gasteiger partial charge in [0.1, 0.15) is 11.9 Å². The van der Waals surface area contributed by atoms with E-state index in [2.05, 4.69) is 31.0 Å². The summed E-state index contributed by atoms with van der Waals surface area (Å²) in [7, 11) is 0. The van der Waals surface area contributed by atoms with Crippen LogP contribution in [0.15, 0.2) is 30.5 Å². The maximum atomic E-state index is 10.8. The highest BCUT2D eigenvalue weighted by Gasteiger charge is 2.19. The molecule has 0 saturated carbocycles. The predicted octanol–water partition coefficient (Wildman–Crippen LogP) is 3.28. The van der Waals surface area contributed by atoms with Crippen LogP contribution < -0.4 is 0 Å². The van der Waals surface area contributed by atoms with Gasteiger partial charge in [-0.2, -0.15) is 5.10 Å². The van der Waals surface area contributed by atoms with Crippen LogP contribution in [0.1, 0.15) is 26.3 Å². The Hall–Kier alpha value is -2.17. The minimum atomic E-state index is -0.434. The SMILES string of the molecule is CC(C)(C)c1ccc(-c2[nH]ncc2[N+](=O)[O-])cc1. The fourth-order valence-corrected chi connectivity index (χ4v) is 1.77. The molecule has 0 atom stereocenters. The van der Waals surface area contributed by atoms with E-state index in [1.54, 1.807) is 0 Å². The Labute approximate surface area is 105 Å². The summed E-state index contributed by atoms with van der Waals surface area (Å²) in [5.74, 6) is 0. The van der Waals surface area contributed by atoms with Gasteiger partial charge in [0.05, 0.1) is 4.92 Å². The van der Waals surface area contributed by atoms with Gasteiger partial charge in [-0.1, -0.05) is 45.0 Å². The molecule has 0 aliphatic carbocycles. The van der Waals surface area contributed by atoms with Crippen molar-refractivity contribution >= 4 is 5.69 Å². The quantitative estimate of drug-likeness (QED) is 0.651. The molecule has 0 radical (unpaired) electrons. The van der Waals surface area contributed by atoms with Crippen molar-refractivity contribution in [1.82, 2.24) is 10.2 Å². The number of nitro groups is 1. The number of rotatable bonds is 2. The molecular formula is C13H15N3O2. The first-order chi connectivity index (χ1) is 8.39. The lowest BCUT2D eigenvalue weighted by Gasteiger charge is -2.18. The van der Waals surface area contributed by atoms with Crippen molar-refractivity contribution in [1.29, 1.82) is 0 Å². The minimum Gasteiger partial charge on any atom is -0.271 e. The second-order valence-corrected chi connectivity index (χ2v) is 5.21. The molecule has 1 heterocycles. The zero-order valence-electron chi connectivity index (χ0n) is 10.6. The zero-order chi connectivity index (χ0) is 13.3. The Kier molecular flexibility index (Phi) is 2.90. The van der Waals surface area contributed by atoms with E-state index in [9.17, 15) is 10.1 Å². The van der Waals surface area contributed by atoms with Gasteiger partial charge < -0.3 is 0 Å². The number of nitrogens with one attached hydrogen (secondary N) is 1. The van der Waals surface area contributed by atoms with Gasteiger partial charge in [0, 0.05) is 5.56 Å². The van der Waals surface area contributed by atoms with E-state index in [0.29, 0.717) is 5.69 Å². The van der Waals surface area contributed by atoms with Crippen molar-refractivity contribution in [3.63, 3.8) is 0 Å². The molecule has 2 rings (SSSR count). The van der Waals surface area contributed by atoms with Gasteiger partial charge in [-0.3, -0.25) is 15.2 Å². The molecule has 1 aromatic carbocycles. The molecule has 0 fully saturated rings. The second kappa shape index (κ2) is 4.25. The van der Waals surface area contributed by atoms with Crippen molar-refractivity contribution in [2.24, 2.45) is 0 Å². The van der Waals surface area contributed by atoms with Crippen LogP contribution in [-0.4, -0.2) is 15.1 Å². The van der Waals surface area contributed by atoms with Gasteiger partial charge >= 0.3 is 5.69 Å². The lowest BCUT2D eigenvalue weighted by molar-refractivity contribution is -0.384. The maximum absolute atomic E-state index is 10.8. The third-order valence-electron chi connectivity index (χ3n) is 2.86. The van der Waals surface area contributed by atoms with E-state index in [4.69, 9.17) is 0 Å². The Morgan fingerprint density at radius 2 is 1.83 bits per heavy atom. The number of nitrogens with zero attached hydrogens (tertiary/aromatic N) is 2. The van der Waals surface area contributed by atoms with Gasteiger partial charge in [0.2, 0.25) is 0 Å². The average molecular weight is 245 g/mol. The summed E-state index contributed by atoms with van der Waals surface area (Å²) < 4.78 is 0. The van der Waals surface area contributed by atoms with E-state index in [-0.39, 0.29) is 11.1 Å². The molecule has 18 heavy (non-hydrogen) atoms. The number of hydrogen-bond acceptors (Lipinski definition) is 3. The highest BCUT2D eigenvalue weighted by molar-refractivity contribution is 5.69. The van der Waals surface area contributed by atoms with Gasteiger partial charge in [0.15, 0.2) is 0 Å². The fourth-order valence-electron chi connectivity index (χ4n) is 1.77. The van der Waals surface area contributed by atoms with E-state index < -0.39 is 4.92 Å². The van der Waals surface area contributed by atoms with E-state index >= 15 is 0 Å². The summed E-state index contributed by atoms with van der Waals surface area (Å²) in [6, 6.07) is 7.72. The first-order valence-electron chi connectivity index (χ1n) is 5.68. The number of hydrogen-bond donors (Lipinski definition) is 1. The summed E-state index contributed by atoms with van der Waals surface area (Å²) in [6.07, 6.45) is 1.23. The molecule has 1 aromatic heterocycles. The van der Waals surface area contributed by atoms with Crippen molar-refractivity contribution < 1.29 is 4.92 Å². The second-order valence-electron chi connectivity index (χ2n) is 5.21. The first-order valence-corrected chi connectivity index (χ1v) is 5.68. The zero-order valence-corrected chi connectivity index (χ0v) is 10.6. The van der Waals surface area contributed by atoms with E-state index in [1.165, 1.54) is 11.8 Å². The number of H-pyrrole nitrogens is 1. The molecule has 0 aliphatic rings. The van der Waals surface area contributed by atoms with Crippen LogP contribution in [0.4, 0.5) is 5.69 Å². The molecule has 0 spiro atoms. The highest BCUT2D eigenvalue weighted by Crippen LogP contribution is 2.29. The van der Waals surface area contributed by atoms with Gasteiger partial charge in [0.25, 0.3) is 0 Å². The average Bonchev–Trinajstić information content (AvgIpc) is 2.77. The molecule has 0 aliphatic heterocycles. The van der Waals surface area contributed by atoms with Crippen molar-refractivity contribution in [2.45, 2.75) is 26.2 Å². The number of aromatic amines is 1. The van der Waals surface area contributed by atoms with Crippen molar-refractivity contribution in [3.8, 4) is 11.3 Å². The van der Waals surface area contributed by atoms with Crippen LogP contribution in [0.3, 0.4) is 0 Å². The molecule has 0 amide bonds. The third kappa shape index (κ3) is 2.25. The van der Waals surface area contributed by atoms with Gasteiger partial charge in [-0.15, -0.1) is 0 Å². The molecule has 0 unspecified atom stereocenters. The lowest BCUT2D eigenvalue weighted by Crippen LogP contribution is -2.10. The van der Waals surface area contributed by atoms with Crippen LogP contribution >= 0.6 is 0 Å². The van der Waals surface area contributed by atoms with Crippen molar-refractivity contribution in [2.75, 3.05) is 0 Å². The molecule has 5 heteroatoms. The summed E-state index contributed by atoms with van der Waals surface area (Å²) in [6.45, 7) is 6.38. The molecule has 5 nitrogen and oxygen atoms in total. The molecule has 94 valence electrons. The van der Waals surface area contributed by atoms with E-state index in [0.717, 1.165) is 5.56 Å². The molecule has 0 bridgehead atoms. The topological polar surface area (TPSA) is 71.8 Å². The third-order valence-corrected chi connectivity index (χ3v) is 2.86. The Morgan fingerprint density at radius 1 is 1.22 bits per heavy atom. The van der Waals surface area contributed by atoms with Crippen molar-refractivity contribution in [3.05, 3.63) is 46.1 Å². The van der Waals surface area contributed by atoms with Crippen LogP contribution in [0, 0.1) is 10.1 Å².